The number of pyridine rings is 1. The average Bonchev–Trinajstić information content (AvgIpc) is 2.88. The number of rotatable bonds is 7. The Hall–Kier alpha value is -2.96. The van der Waals surface area contributed by atoms with Gasteiger partial charge in [-0.3, -0.25) is 4.79 Å². The van der Waals surface area contributed by atoms with Crippen LogP contribution in [0.3, 0.4) is 0 Å². The zero-order valence-electron chi connectivity index (χ0n) is 19.2. The van der Waals surface area contributed by atoms with Crippen LogP contribution in [0.4, 0.5) is 5.82 Å². The fourth-order valence-corrected chi connectivity index (χ4v) is 6.27. The van der Waals surface area contributed by atoms with Gasteiger partial charge in [0.1, 0.15) is 6.07 Å². The summed E-state index contributed by atoms with van der Waals surface area (Å²) < 4.78 is 33.4. The topological polar surface area (TPSA) is 112 Å². The minimum Gasteiger partial charge on any atom is -0.489 e. The third-order valence-electron chi connectivity index (χ3n) is 6.66. The first-order valence-corrected chi connectivity index (χ1v) is 13.3. The molecule has 34 heavy (non-hydrogen) atoms. The molecular weight excluding hydrogens is 452 g/mol. The van der Waals surface area contributed by atoms with Crippen LogP contribution >= 0.6 is 0 Å². The Labute approximate surface area is 201 Å². The van der Waals surface area contributed by atoms with E-state index in [0.29, 0.717) is 36.9 Å². The van der Waals surface area contributed by atoms with E-state index in [9.17, 15) is 18.5 Å². The number of hydrogen-bond donors (Lipinski definition) is 1. The number of piperidine rings is 1. The van der Waals surface area contributed by atoms with Crippen molar-refractivity contribution in [2.75, 3.05) is 25.0 Å². The molecule has 2 aliphatic rings. The molecule has 0 spiro atoms. The minimum atomic E-state index is -3.79. The number of carbonyl (C=O) groups excluding carboxylic acids is 1. The zero-order valence-corrected chi connectivity index (χ0v) is 20.0. The lowest BCUT2D eigenvalue weighted by Gasteiger charge is -2.30. The Balaban J connectivity index is 1.35. The van der Waals surface area contributed by atoms with Crippen molar-refractivity contribution in [2.24, 2.45) is 11.8 Å². The van der Waals surface area contributed by atoms with E-state index in [0.717, 1.165) is 0 Å². The van der Waals surface area contributed by atoms with Crippen LogP contribution in [0.5, 0.6) is 5.75 Å². The predicted octanol–water partition coefficient (Wildman–Crippen LogP) is 3.95. The second-order valence-corrected chi connectivity index (χ2v) is 10.8. The summed E-state index contributed by atoms with van der Waals surface area (Å²) in [4.78, 5) is 17.2. The lowest BCUT2D eigenvalue weighted by Crippen LogP contribution is -2.41. The lowest BCUT2D eigenvalue weighted by atomic mass is 9.90. The summed E-state index contributed by atoms with van der Waals surface area (Å²) >= 11 is 0. The molecule has 8 nitrogen and oxygen atoms in total. The smallest absolute Gasteiger partial charge is 0.244 e. The van der Waals surface area contributed by atoms with Crippen LogP contribution in [0.25, 0.3) is 0 Å². The number of nitriles is 1. The van der Waals surface area contributed by atoms with E-state index < -0.39 is 10.0 Å². The van der Waals surface area contributed by atoms with Gasteiger partial charge in [0.15, 0.2) is 11.6 Å². The second-order valence-electron chi connectivity index (χ2n) is 8.94. The number of amides is 1. The van der Waals surface area contributed by atoms with Crippen molar-refractivity contribution >= 4 is 21.7 Å². The number of aromatic nitrogens is 1. The van der Waals surface area contributed by atoms with Gasteiger partial charge in [0.25, 0.3) is 0 Å². The normalized spacial score (nSPS) is 18.2. The van der Waals surface area contributed by atoms with Gasteiger partial charge in [0.2, 0.25) is 15.9 Å². The number of ether oxygens (including phenoxy) is 1. The first-order valence-electron chi connectivity index (χ1n) is 11.9. The van der Waals surface area contributed by atoms with E-state index in [4.69, 9.17) is 4.74 Å². The van der Waals surface area contributed by atoms with E-state index in [2.05, 4.69) is 10.3 Å². The molecule has 180 valence electrons. The van der Waals surface area contributed by atoms with Crippen LogP contribution in [0.1, 0.15) is 50.5 Å². The van der Waals surface area contributed by atoms with Crippen molar-refractivity contribution in [1.82, 2.24) is 9.29 Å². The van der Waals surface area contributed by atoms with Crippen molar-refractivity contribution in [2.45, 2.75) is 49.8 Å². The van der Waals surface area contributed by atoms with Gasteiger partial charge in [-0.15, -0.1) is 0 Å². The maximum absolute atomic E-state index is 13.0. The summed E-state index contributed by atoms with van der Waals surface area (Å²) in [6.45, 7) is 1.05. The number of benzene rings is 1. The molecule has 2 aromatic rings. The summed E-state index contributed by atoms with van der Waals surface area (Å²) in [6.07, 6.45) is 8.50. The van der Waals surface area contributed by atoms with Gasteiger partial charge in [-0.05, 0) is 55.9 Å². The molecule has 1 saturated carbocycles. The Morgan fingerprint density at radius 2 is 1.82 bits per heavy atom. The molecule has 9 heteroatoms. The van der Waals surface area contributed by atoms with Crippen LogP contribution in [-0.2, 0) is 14.8 Å². The molecule has 1 aliphatic carbocycles. The third kappa shape index (κ3) is 5.57. The lowest BCUT2D eigenvalue weighted by molar-refractivity contribution is -0.120. The first-order chi connectivity index (χ1) is 16.5. The maximum Gasteiger partial charge on any atom is 0.244 e. The summed E-state index contributed by atoms with van der Waals surface area (Å²) in [5, 5.41) is 12.2. The number of carbonyl (C=O) groups is 1. The fraction of sp³-hybridized carbons (Fsp3) is 0.480. The van der Waals surface area contributed by atoms with E-state index >= 15 is 0 Å². The van der Waals surface area contributed by atoms with Gasteiger partial charge in [-0.2, -0.15) is 9.57 Å². The Morgan fingerprint density at radius 1 is 1.09 bits per heavy atom. The summed E-state index contributed by atoms with van der Waals surface area (Å²) in [5.41, 5.74) is 0.123. The van der Waals surface area contributed by atoms with E-state index in [-0.39, 0.29) is 35.4 Å². The SMILES string of the molecule is N#Cc1ccccc1S(=O)(=O)N1CCC(C(=O)Nc2ncccc2OCC2CCCCC2)CC1. The quantitative estimate of drug-likeness (QED) is 0.639. The summed E-state index contributed by atoms with van der Waals surface area (Å²) in [7, 11) is -3.79. The van der Waals surface area contributed by atoms with Gasteiger partial charge in [0, 0.05) is 25.2 Å². The molecule has 2 fully saturated rings. The minimum absolute atomic E-state index is 0.00800. The highest BCUT2D eigenvalue weighted by atomic mass is 32.2. The van der Waals surface area contributed by atoms with Crippen LogP contribution in [-0.4, -0.2) is 43.3 Å². The number of nitrogens with one attached hydrogen (secondary N) is 1. The van der Waals surface area contributed by atoms with Gasteiger partial charge in [-0.1, -0.05) is 31.4 Å². The Kier molecular flexibility index (Phi) is 7.80. The van der Waals surface area contributed by atoms with Crippen molar-refractivity contribution in [1.29, 1.82) is 5.26 Å². The Bertz CT molecular complexity index is 1150. The van der Waals surface area contributed by atoms with Crippen LogP contribution in [0.15, 0.2) is 47.5 Å². The van der Waals surface area contributed by atoms with Gasteiger partial charge >= 0.3 is 0 Å². The molecule has 4 rings (SSSR count). The Morgan fingerprint density at radius 3 is 2.56 bits per heavy atom. The van der Waals surface area contributed by atoms with Gasteiger partial charge in [-0.25, -0.2) is 13.4 Å². The molecule has 1 aliphatic heterocycles. The van der Waals surface area contributed by atoms with E-state index in [1.807, 2.05) is 12.1 Å². The highest BCUT2D eigenvalue weighted by Crippen LogP contribution is 2.29. The van der Waals surface area contributed by atoms with Crippen LogP contribution < -0.4 is 10.1 Å². The molecule has 1 amide bonds. The highest BCUT2D eigenvalue weighted by Gasteiger charge is 2.33. The number of nitrogens with zero attached hydrogens (tertiary/aromatic N) is 3. The average molecular weight is 483 g/mol. The number of sulfonamides is 1. The molecular formula is C25H30N4O4S. The second kappa shape index (κ2) is 11.0. The molecule has 1 saturated heterocycles. The van der Waals surface area contributed by atoms with E-state index in [1.54, 1.807) is 24.4 Å². The summed E-state index contributed by atoms with van der Waals surface area (Å²) in [5.74, 6) is 0.993. The van der Waals surface area contributed by atoms with Crippen LogP contribution in [0.2, 0.25) is 0 Å². The third-order valence-corrected chi connectivity index (χ3v) is 8.62. The molecule has 1 N–H and O–H groups in total. The molecule has 0 radical (unpaired) electrons. The van der Waals surface area contributed by atoms with E-state index in [1.165, 1.54) is 48.5 Å². The molecule has 0 unspecified atom stereocenters. The van der Waals surface area contributed by atoms with Crippen molar-refractivity contribution in [3.63, 3.8) is 0 Å². The molecule has 2 heterocycles. The zero-order chi connectivity index (χ0) is 24.0. The van der Waals surface area contributed by atoms with Gasteiger partial charge in [0.05, 0.1) is 17.1 Å². The standard InChI is InChI=1S/C25H30N4O4S/c26-17-21-9-4-5-11-23(21)34(31,32)29-15-12-20(13-16-29)25(30)28-24-22(10-6-14-27-24)33-18-19-7-2-1-3-8-19/h4-6,9-11,14,19-20H,1-3,7-8,12-13,15-16,18H2,(H,27,28,30). The predicted molar refractivity (Wildman–Crippen MR) is 128 cm³/mol. The van der Waals surface area contributed by atoms with Gasteiger partial charge < -0.3 is 10.1 Å². The monoisotopic (exact) mass is 482 g/mol. The van der Waals surface area contributed by atoms with Crippen LogP contribution in [0, 0.1) is 23.2 Å². The fourth-order valence-electron chi connectivity index (χ4n) is 4.66. The maximum atomic E-state index is 13.0. The number of anilines is 1. The largest absolute Gasteiger partial charge is 0.489 e. The highest BCUT2D eigenvalue weighted by molar-refractivity contribution is 7.89. The molecule has 0 atom stereocenters. The van der Waals surface area contributed by atoms with Crippen molar-refractivity contribution < 1.29 is 17.9 Å². The number of hydrogen-bond acceptors (Lipinski definition) is 6. The first kappa shape index (κ1) is 24.2. The van der Waals surface area contributed by atoms with Crippen molar-refractivity contribution in [3.8, 4) is 11.8 Å². The molecule has 0 bridgehead atoms. The molecule has 1 aromatic carbocycles. The molecule has 1 aromatic heterocycles. The van der Waals surface area contributed by atoms with Crippen molar-refractivity contribution in [3.05, 3.63) is 48.2 Å². The summed E-state index contributed by atoms with van der Waals surface area (Å²) in [6, 6.07) is 11.7.